The van der Waals surface area contributed by atoms with Gasteiger partial charge in [-0.2, -0.15) is 0 Å². The SMILES string of the molecule is CCN(CC(=O)NC(C)C)C(=O)c1cc2ccccc2oc1=O. The van der Waals surface area contributed by atoms with Gasteiger partial charge in [0.2, 0.25) is 5.91 Å². The number of carbonyl (C=O) groups excluding carboxylic acids is 2. The summed E-state index contributed by atoms with van der Waals surface area (Å²) in [5.41, 5.74) is -0.339. The molecule has 1 aromatic carbocycles. The highest BCUT2D eigenvalue weighted by atomic mass is 16.4. The molecule has 1 aromatic heterocycles. The Morgan fingerprint density at radius 2 is 1.96 bits per heavy atom. The van der Waals surface area contributed by atoms with E-state index in [2.05, 4.69) is 5.32 Å². The van der Waals surface area contributed by atoms with Crippen LogP contribution in [0.2, 0.25) is 0 Å². The monoisotopic (exact) mass is 316 g/mol. The maximum Gasteiger partial charge on any atom is 0.349 e. The Labute approximate surface area is 134 Å². The van der Waals surface area contributed by atoms with Gasteiger partial charge in [0.15, 0.2) is 0 Å². The van der Waals surface area contributed by atoms with Crippen LogP contribution in [0.1, 0.15) is 31.1 Å². The van der Waals surface area contributed by atoms with E-state index in [0.717, 1.165) is 0 Å². The van der Waals surface area contributed by atoms with Gasteiger partial charge in [-0.25, -0.2) is 4.79 Å². The molecule has 0 spiro atoms. The minimum absolute atomic E-state index is 0.0120. The van der Waals surface area contributed by atoms with E-state index in [4.69, 9.17) is 4.42 Å². The normalized spacial score (nSPS) is 10.8. The quantitative estimate of drug-likeness (QED) is 0.853. The molecule has 23 heavy (non-hydrogen) atoms. The molecule has 0 fully saturated rings. The average molecular weight is 316 g/mol. The van der Waals surface area contributed by atoms with Crippen LogP contribution in [0.15, 0.2) is 39.5 Å². The Morgan fingerprint density at radius 3 is 2.61 bits per heavy atom. The van der Waals surface area contributed by atoms with E-state index in [9.17, 15) is 14.4 Å². The standard InChI is InChI=1S/C17H20N2O4/c1-4-19(10-15(20)18-11(2)3)16(21)13-9-12-7-5-6-8-14(12)23-17(13)22/h5-9,11H,4,10H2,1-3H3,(H,18,20). The topological polar surface area (TPSA) is 79.6 Å². The molecule has 6 heteroatoms. The van der Waals surface area contributed by atoms with Crippen LogP contribution >= 0.6 is 0 Å². The highest BCUT2D eigenvalue weighted by Gasteiger charge is 2.21. The van der Waals surface area contributed by atoms with E-state index in [1.807, 2.05) is 13.8 Å². The molecule has 0 bridgehead atoms. The minimum Gasteiger partial charge on any atom is -0.422 e. The molecule has 0 saturated carbocycles. The van der Waals surface area contributed by atoms with Crippen LogP contribution in [0.5, 0.6) is 0 Å². The molecule has 0 atom stereocenters. The molecule has 0 radical (unpaired) electrons. The number of carbonyl (C=O) groups is 2. The third-order valence-corrected chi connectivity index (χ3v) is 3.32. The summed E-state index contributed by atoms with van der Waals surface area (Å²) in [6, 6.07) is 8.47. The second-order valence-electron chi connectivity index (χ2n) is 5.53. The average Bonchev–Trinajstić information content (AvgIpc) is 2.50. The number of amides is 2. The lowest BCUT2D eigenvalue weighted by Crippen LogP contribution is -2.43. The number of hydrogen-bond donors (Lipinski definition) is 1. The van der Waals surface area contributed by atoms with Crippen LogP contribution in [0.3, 0.4) is 0 Å². The maximum atomic E-state index is 12.5. The molecule has 2 rings (SSSR count). The lowest BCUT2D eigenvalue weighted by Gasteiger charge is -2.20. The van der Waals surface area contributed by atoms with Crippen molar-refractivity contribution in [1.29, 1.82) is 0 Å². The Hall–Kier alpha value is -2.63. The number of para-hydroxylation sites is 1. The zero-order valence-corrected chi connectivity index (χ0v) is 13.5. The maximum absolute atomic E-state index is 12.5. The molecule has 0 unspecified atom stereocenters. The third-order valence-electron chi connectivity index (χ3n) is 3.32. The first-order chi connectivity index (χ1) is 10.9. The van der Waals surface area contributed by atoms with Crippen LogP contribution < -0.4 is 10.9 Å². The smallest absolute Gasteiger partial charge is 0.349 e. The van der Waals surface area contributed by atoms with Crippen LogP contribution in [0, 0.1) is 0 Å². The zero-order valence-electron chi connectivity index (χ0n) is 13.5. The second kappa shape index (κ2) is 7.09. The first kappa shape index (κ1) is 16.7. The number of likely N-dealkylation sites (N-methyl/N-ethyl adjacent to an activating group) is 1. The first-order valence-electron chi connectivity index (χ1n) is 7.54. The first-order valence-corrected chi connectivity index (χ1v) is 7.54. The van der Waals surface area contributed by atoms with Gasteiger partial charge in [-0.15, -0.1) is 0 Å². The summed E-state index contributed by atoms with van der Waals surface area (Å²) in [5, 5.41) is 3.39. The number of nitrogens with one attached hydrogen (secondary N) is 1. The largest absolute Gasteiger partial charge is 0.422 e. The Kier molecular flexibility index (Phi) is 5.16. The number of nitrogens with zero attached hydrogens (tertiary/aromatic N) is 1. The van der Waals surface area contributed by atoms with Crippen molar-refractivity contribution in [3.8, 4) is 0 Å². The van der Waals surface area contributed by atoms with Crippen molar-refractivity contribution in [2.75, 3.05) is 13.1 Å². The van der Waals surface area contributed by atoms with Crippen molar-refractivity contribution >= 4 is 22.8 Å². The van der Waals surface area contributed by atoms with Crippen LogP contribution in [0.4, 0.5) is 0 Å². The number of rotatable bonds is 5. The highest BCUT2D eigenvalue weighted by Crippen LogP contribution is 2.13. The number of hydrogen-bond acceptors (Lipinski definition) is 4. The molecule has 2 amide bonds. The molecular formula is C17H20N2O4. The highest BCUT2D eigenvalue weighted by molar-refractivity contribution is 5.98. The summed E-state index contributed by atoms with van der Waals surface area (Å²) in [5.74, 6) is -0.772. The van der Waals surface area contributed by atoms with Gasteiger partial charge in [0, 0.05) is 18.0 Å². The lowest BCUT2D eigenvalue weighted by atomic mass is 10.1. The second-order valence-corrected chi connectivity index (χ2v) is 5.53. The molecule has 0 aliphatic rings. The van der Waals surface area contributed by atoms with Crippen molar-refractivity contribution in [1.82, 2.24) is 10.2 Å². The van der Waals surface area contributed by atoms with E-state index < -0.39 is 11.5 Å². The summed E-state index contributed by atoms with van der Waals surface area (Å²) >= 11 is 0. The molecule has 0 saturated heterocycles. The molecule has 2 aromatic rings. The fraction of sp³-hybridized carbons (Fsp3) is 0.353. The van der Waals surface area contributed by atoms with Crippen molar-refractivity contribution in [3.05, 3.63) is 46.3 Å². The van der Waals surface area contributed by atoms with E-state index >= 15 is 0 Å². The molecule has 122 valence electrons. The van der Waals surface area contributed by atoms with Gasteiger partial charge in [-0.05, 0) is 32.9 Å². The van der Waals surface area contributed by atoms with E-state index in [1.165, 1.54) is 11.0 Å². The molecule has 1 heterocycles. The molecular weight excluding hydrogens is 296 g/mol. The van der Waals surface area contributed by atoms with Gasteiger partial charge in [-0.1, -0.05) is 18.2 Å². The van der Waals surface area contributed by atoms with Crippen LogP contribution in [-0.4, -0.2) is 35.8 Å². The zero-order chi connectivity index (χ0) is 17.0. The Morgan fingerprint density at radius 1 is 1.26 bits per heavy atom. The van der Waals surface area contributed by atoms with Gasteiger partial charge in [-0.3, -0.25) is 9.59 Å². The van der Waals surface area contributed by atoms with Crippen molar-refractivity contribution < 1.29 is 14.0 Å². The fourth-order valence-electron chi connectivity index (χ4n) is 2.25. The lowest BCUT2D eigenvalue weighted by molar-refractivity contribution is -0.122. The van der Waals surface area contributed by atoms with E-state index in [-0.39, 0.29) is 24.1 Å². The Balaban J connectivity index is 2.28. The van der Waals surface area contributed by atoms with Crippen LogP contribution in [0.25, 0.3) is 11.0 Å². The summed E-state index contributed by atoms with van der Waals surface area (Å²) in [6.07, 6.45) is 0. The van der Waals surface area contributed by atoms with Gasteiger partial charge in [0.05, 0.1) is 6.54 Å². The van der Waals surface area contributed by atoms with Gasteiger partial charge >= 0.3 is 5.63 Å². The third kappa shape index (κ3) is 3.97. The predicted molar refractivity (Wildman–Crippen MR) is 87.3 cm³/mol. The predicted octanol–water partition coefficient (Wildman–Crippen LogP) is 1.78. The molecule has 1 N–H and O–H groups in total. The van der Waals surface area contributed by atoms with Gasteiger partial charge in [0.1, 0.15) is 11.1 Å². The van der Waals surface area contributed by atoms with Crippen molar-refractivity contribution in [2.45, 2.75) is 26.8 Å². The fourth-order valence-corrected chi connectivity index (χ4v) is 2.25. The summed E-state index contributed by atoms with van der Waals surface area (Å²) in [6.45, 7) is 5.65. The Bertz CT molecular complexity index is 780. The number of benzene rings is 1. The molecule has 0 aliphatic heterocycles. The minimum atomic E-state index is -0.698. The van der Waals surface area contributed by atoms with Crippen molar-refractivity contribution in [3.63, 3.8) is 0 Å². The molecule has 0 aliphatic carbocycles. The van der Waals surface area contributed by atoms with Gasteiger partial charge in [0.25, 0.3) is 5.91 Å². The summed E-state index contributed by atoms with van der Waals surface area (Å²) < 4.78 is 5.17. The van der Waals surface area contributed by atoms with Gasteiger partial charge < -0.3 is 14.6 Å². The van der Waals surface area contributed by atoms with Crippen LogP contribution in [-0.2, 0) is 4.79 Å². The van der Waals surface area contributed by atoms with E-state index in [1.54, 1.807) is 31.2 Å². The summed E-state index contributed by atoms with van der Waals surface area (Å²) in [7, 11) is 0. The van der Waals surface area contributed by atoms with E-state index in [0.29, 0.717) is 17.5 Å². The molecule has 6 nitrogen and oxygen atoms in total. The van der Waals surface area contributed by atoms with Crippen molar-refractivity contribution in [2.24, 2.45) is 0 Å². The summed E-state index contributed by atoms with van der Waals surface area (Å²) in [4.78, 5) is 37.8. The number of fused-ring (bicyclic) bond motifs is 1.